The second-order valence-electron chi connectivity index (χ2n) is 4.30. The molecule has 0 heterocycles. The Morgan fingerprint density at radius 2 is 1.70 bits per heavy atom. The van der Waals surface area contributed by atoms with Gasteiger partial charge in [0, 0.05) is 6.08 Å². The Bertz CT molecular complexity index is 595. The molecule has 0 atom stereocenters. The highest BCUT2D eigenvalue weighted by Crippen LogP contribution is 2.07. The maximum absolute atomic E-state index is 11.6. The lowest BCUT2D eigenvalue weighted by molar-refractivity contribution is -0.138. The molecule has 2 nitrogen and oxygen atoms in total. The van der Waals surface area contributed by atoms with E-state index in [0.717, 1.165) is 16.7 Å². The van der Waals surface area contributed by atoms with Crippen LogP contribution in [0.15, 0.2) is 67.3 Å². The van der Waals surface area contributed by atoms with Crippen LogP contribution < -0.4 is 0 Å². The molecule has 0 aromatic heterocycles. The van der Waals surface area contributed by atoms with E-state index in [1.54, 1.807) is 12.2 Å². The number of benzene rings is 2. The zero-order valence-corrected chi connectivity index (χ0v) is 11.2. The van der Waals surface area contributed by atoms with Crippen LogP contribution in [0, 0.1) is 0 Å². The molecule has 0 aliphatic carbocycles. The van der Waals surface area contributed by atoms with Crippen LogP contribution in [0.3, 0.4) is 0 Å². The number of carbonyl (C=O) groups is 1. The Kier molecular flexibility index (Phi) is 4.90. The van der Waals surface area contributed by atoms with E-state index in [1.807, 2.05) is 54.6 Å². The van der Waals surface area contributed by atoms with Crippen molar-refractivity contribution in [1.82, 2.24) is 0 Å². The van der Waals surface area contributed by atoms with Gasteiger partial charge in [-0.15, -0.1) is 0 Å². The minimum absolute atomic E-state index is 0.273. The van der Waals surface area contributed by atoms with Gasteiger partial charge in [-0.2, -0.15) is 0 Å². The molecule has 0 aliphatic heterocycles. The second kappa shape index (κ2) is 7.10. The molecule has 2 heteroatoms. The van der Waals surface area contributed by atoms with Crippen LogP contribution in [0.1, 0.15) is 16.7 Å². The van der Waals surface area contributed by atoms with Crippen LogP contribution >= 0.6 is 0 Å². The molecule has 2 aromatic rings. The zero-order chi connectivity index (χ0) is 14.2. The van der Waals surface area contributed by atoms with Crippen LogP contribution in [0.25, 0.3) is 12.2 Å². The van der Waals surface area contributed by atoms with Gasteiger partial charge in [-0.25, -0.2) is 4.79 Å². The van der Waals surface area contributed by atoms with Crippen molar-refractivity contribution < 1.29 is 9.53 Å². The van der Waals surface area contributed by atoms with Crippen molar-refractivity contribution >= 4 is 18.1 Å². The number of ether oxygens (including phenoxy) is 1. The zero-order valence-electron chi connectivity index (χ0n) is 11.2. The third kappa shape index (κ3) is 4.25. The first kappa shape index (κ1) is 13.8. The lowest BCUT2D eigenvalue weighted by atomic mass is 10.1. The minimum Gasteiger partial charge on any atom is -0.458 e. The molecule has 0 N–H and O–H groups in total. The number of carbonyl (C=O) groups excluding carboxylic acids is 1. The molecule has 0 unspecified atom stereocenters. The maximum Gasteiger partial charge on any atom is 0.331 e. The van der Waals surface area contributed by atoms with Crippen molar-refractivity contribution in [3.63, 3.8) is 0 Å². The van der Waals surface area contributed by atoms with Gasteiger partial charge in [-0.1, -0.05) is 67.3 Å². The number of rotatable bonds is 5. The van der Waals surface area contributed by atoms with E-state index in [9.17, 15) is 4.79 Å². The van der Waals surface area contributed by atoms with Gasteiger partial charge < -0.3 is 4.74 Å². The van der Waals surface area contributed by atoms with E-state index in [1.165, 1.54) is 6.08 Å². The van der Waals surface area contributed by atoms with Gasteiger partial charge in [0.05, 0.1) is 0 Å². The smallest absolute Gasteiger partial charge is 0.331 e. The van der Waals surface area contributed by atoms with Crippen molar-refractivity contribution in [2.45, 2.75) is 6.61 Å². The molecule has 0 saturated heterocycles. The average molecular weight is 264 g/mol. The Labute approximate surface area is 119 Å². The minimum atomic E-state index is -0.346. The predicted octanol–water partition coefficient (Wildman–Crippen LogP) is 4.09. The summed E-state index contributed by atoms with van der Waals surface area (Å²) < 4.78 is 5.17. The van der Waals surface area contributed by atoms with Crippen molar-refractivity contribution in [3.05, 3.63) is 83.9 Å². The van der Waals surface area contributed by atoms with Crippen LogP contribution in [0.5, 0.6) is 0 Å². The van der Waals surface area contributed by atoms with Crippen LogP contribution in [0.4, 0.5) is 0 Å². The molecule has 0 bridgehead atoms. The quantitative estimate of drug-likeness (QED) is 0.600. The normalized spacial score (nSPS) is 10.4. The molecule has 0 aliphatic rings. The van der Waals surface area contributed by atoms with E-state index in [0.29, 0.717) is 0 Å². The van der Waals surface area contributed by atoms with Crippen LogP contribution in [-0.4, -0.2) is 5.97 Å². The molecule has 0 spiro atoms. The summed E-state index contributed by atoms with van der Waals surface area (Å²) in [5.74, 6) is -0.346. The third-order valence-corrected chi connectivity index (χ3v) is 2.81. The van der Waals surface area contributed by atoms with Crippen molar-refractivity contribution in [1.29, 1.82) is 0 Å². The first-order chi connectivity index (χ1) is 9.78. The van der Waals surface area contributed by atoms with Crippen molar-refractivity contribution in [3.8, 4) is 0 Å². The molecular weight excluding hydrogens is 248 g/mol. The van der Waals surface area contributed by atoms with E-state index in [2.05, 4.69) is 6.58 Å². The molecule has 2 rings (SSSR count). The Balaban J connectivity index is 1.85. The molecule has 2 aromatic carbocycles. The number of hydrogen-bond donors (Lipinski definition) is 0. The largest absolute Gasteiger partial charge is 0.458 e. The fourth-order valence-electron chi connectivity index (χ4n) is 1.68. The summed E-state index contributed by atoms with van der Waals surface area (Å²) in [6, 6.07) is 17.4. The molecule has 0 fully saturated rings. The number of esters is 1. The maximum atomic E-state index is 11.6. The molecule has 0 amide bonds. The van der Waals surface area contributed by atoms with Gasteiger partial charge in [0.1, 0.15) is 6.61 Å². The molecule has 100 valence electrons. The monoisotopic (exact) mass is 264 g/mol. The van der Waals surface area contributed by atoms with Gasteiger partial charge in [0.15, 0.2) is 0 Å². The van der Waals surface area contributed by atoms with E-state index in [-0.39, 0.29) is 12.6 Å². The standard InChI is InChI=1S/C18H16O2/c1-2-15-8-10-17(11-9-15)14-20-18(19)13-12-16-6-4-3-5-7-16/h2-13H,1,14H2/b13-12+. The summed E-state index contributed by atoms with van der Waals surface area (Å²) >= 11 is 0. The predicted molar refractivity (Wildman–Crippen MR) is 81.8 cm³/mol. The first-order valence-electron chi connectivity index (χ1n) is 6.39. The van der Waals surface area contributed by atoms with Gasteiger partial charge in [-0.3, -0.25) is 0 Å². The molecule has 20 heavy (non-hydrogen) atoms. The lowest BCUT2D eigenvalue weighted by Crippen LogP contribution is -2.00. The van der Waals surface area contributed by atoms with Gasteiger partial charge in [-0.05, 0) is 22.8 Å². The SMILES string of the molecule is C=Cc1ccc(COC(=O)/C=C/c2ccccc2)cc1. The second-order valence-corrected chi connectivity index (χ2v) is 4.30. The van der Waals surface area contributed by atoms with E-state index < -0.39 is 0 Å². The van der Waals surface area contributed by atoms with Gasteiger partial charge in [0.2, 0.25) is 0 Å². The third-order valence-electron chi connectivity index (χ3n) is 2.81. The Morgan fingerprint density at radius 1 is 1.00 bits per heavy atom. The summed E-state index contributed by atoms with van der Waals surface area (Å²) in [4.78, 5) is 11.6. The molecule has 0 saturated carbocycles. The summed E-state index contributed by atoms with van der Waals surface area (Å²) in [7, 11) is 0. The summed E-state index contributed by atoms with van der Waals surface area (Å²) in [5, 5.41) is 0. The first-order valence-corrected chi connectivity index (χ1v) is 6.39. The molecule has 0 radical (unpaired) electrons. The summed E-state index contributed by atoms with van der Waals surface area (Å²) in [5.41, 5.74) is 2.97. The van der Waals surface area contributed by atoms with E-state index >= 15 is 0 Å². The van der Waals surface area contributed by atoms with Crippen molar-refractivity contribution in [2.24, 2.45) is 0 Å². The fraction of sp³-hybridized carbons (Fsp3) is 0.0556. The summed E-state index contributed by atoms with van der Waals surface area (Å²) in [6.45, 7) is 3.97. The van der Waals surface area contributed by atoms with Crippen molar-refractivity contribution in [2.75, 3.05) is 0 Å². The Hall–Kier alpha value is -2.61. The van der Waals surface area contributed by atoms with Gasteiger partial charge in [0.25, 0.3) is 0 Å². The van der Waals surface area contributed by atoms with E-state index in [4.69, 9.17) is 4.74 Å². The lowest BCUT2D eigenvalue weighted by Gasteiger charge is -2.02. The Morgan fingerprint density at radius 3 is 2.35 bits per heavy atom. The summed E-state index contributed by atoms with van der Waals surface area (Å²) in [6.07, 6.45) is 4.95. The highest BCUT2D eigenvalue weighted by atomic mass is 16.5. The average Bonchev–Trinajstić information content (AvgIpc) is 2.52. The van der Waals surface area contributed by atoms with Crippen LogP contribution in [-0.2, 0) is 16.1 Å². The number of hydrogen-bond acceptors (Lipinski definition) is 2. The molecular formula is C18H16O2. The topological polar surface area (TPSA) is 26.3 Å². The van der Waals surface area contributed by atoms with Gasteiger partial charge >= 0.3 is 5.97 Å². The van der Waals surface area contributed by atoms with Crippen LogP contribution in [0.2, 0.25) is 0 Å². The highest BCUT2D eigenvalue weighted by molar-refractivity contribution is 5.87. The highest BCUT2D eigenvalue weighted by Gasteiger charge is 1.98. The fourth-order valence-corrected chi connectivity index (χ4v) is 1.68.